The van der Waals surface area contributed by atoms with Crippen molar-refractivity contribution in [2.45, 2.75) is 37.2 Å². The highest BCUT2D eigenvalue weighted by Crippen LogP contribution is 2.40. The van der Waals surface area contributed by atoms with E-state index in [4.69, 9.17) is 0 Å². The predicted octanol–water partition coefficient (Wildman–Crippen LogP) is 3.10. The summed E-state index contributed by atoms with van der Waals surface area (Å²) in [4.78, 5) is 11.9. The van der Waals surface area contributed by atoms with Crippen LogP contribution in [0.4, 0.5) is 0 Å². The van der Waals surface area contributed by atoms with E-state index in [-0.39, 0.29) is 0 Å². The normalized spacial score (nSPS) is 26.6. The average molecular weight is 270 g/mol. The van der Waals surface area contributed by atoms with E-state index in [2.05, 4.69) is 0 Å². The molecule has 104 valence electrons. The lowest BCUT2D eigenvalue weighted by molar-refractivity contribution is -0.151. The van der Waals surface area contributed by atoms with E-state index in [0.29, 0.717) is 12.8 Å². The van der Waals surface area contributed by atoms with E-state index >= 15 is 0 Å². The number of carboxylic acids is 1. The average Bonchev–Trinajstić information content (AvgIpc) is 2.47. The Morgan fingerprint density at radius 2 is 1.85 bits per heavy atom. The number of carbonyl (C=O) groups is 1. The summed E-state index contributed by atoms with van der Waals surface area (Å²) >= 11 is 0. The van der Waals surface area contributed by atoms with Crippen LogP contribution in [-0.4, -0.2) is 22.3 Å². The molecule has 0 amide bonds. The number of carboxylic acid groups (broad SMARTS) is 1. The summed E-state index contributed by atoms with van der Waals surface area (Å²) in [6.07, 6.45) is 1.98. The number of hydrogen-bond acceptors (Lipinski definition) is 2. The van der Waals surface area contributed by atoms with Gasteiger partial charge in [0.1, 0.15) is 5.41 Å². The molecule has 0 bridgehead atoms. The molecule has 3 rings (SSSR count). The highest BCUT2D eigenvalue weighted by atomic mass is 16.4. The third kappa shape index (κ3) is 1.90. The van der Waals surface area contributed by atoms with Crippen LogP contribution in [0.5, 0.6) is 0 Å². The number of aliphatic carboxylic acids is 1. The lowest BCUT2D eigenvalue weighted by Gasteiger charge is -2.38. The molecular formula is C17H18O3. The Kier molecular flexibility index (Phi) is 3.22. The first-order valence-corrected chi connectivity index (χ1v) is 7.05. The summed E-state index contributed by atoms with van der Waals surface area (Å²) in [6.45, 7) is 0. The molecule has 0 aliphatic heterocycles. The predicted molar refractivity (Wildman–Crippen MR) is 77.7 cm³/mol. The van der Waals surface area contributed by atoms with Gasteiger partial charge in [-0.05, 0) is 35.2 Å². The maximum absolute atomic E-state index is 11.9. The Labute approximate surface area is 117 Å². The SMILES string of the molecule is O=C(O)C1(c2ccc3ccccc3c2)CCCCC1O. The van der Waals surface area contributed by atoms with Gasteiger partial charge in [0, 0.05) is 0 Å². The molecule has 2 atom stereocenters. The van der Waals surface area contributed by atoms with Crippen LogP contribution in [0.2, 0.25) is 0 Å². The van der Waals surface area contributed by atoms with Crippen LogP contribution in [0.1, 0.15) is 31.2 Å². The molecular weight excluding hydrogens is 252 g/mol. The third-order valence-corrected chi connectivity index (χ3v) is 4.51. The van der Waals surface area contributed by atoms with Gasteiger partial charge in [-0.1, -0.05) is 49.2 Å². The van der Waals surface area contributed by atoms with Crippen molar-refractivity contribution in [3.05, 3.63) is 48.0 Å². The molecule has 1 aliphatic rings. The highest BCUT2D eigenvalue weighted by Gasteiger charge is 2.48. The van der Waals surface area contributed by atoms with Crippen molar-refractivity contribution in [3.8, 4) is 0 Å². The van der Waals surface area contributed by atoms with Crippen molar-refractivity contribution in [2.75, 3.05) is 0 Å². The minimum absolute atomic E-state index is 0.502. The summed E-state index contributed by atoms with van der Waals surface area (Å²) < 4.78 is 0. The molecule has 2 aromatic carbocycles. The maximum Gasteiger partial charge on any atom is 0.316 e. The van der Waals surface area contributed by atoms with Gasteiger partial charge < -0.3 is 10.2 Å². The highest BCUT2D eigenvalue weighted by molar-refractivity contribution is 5.88. The van der Waals surface area contributed by atoms with Gasteiger partial charge in [-0.2, -0.15) is 0 Å². The monoisotopic (exact) mass is 270 g/mol. The van der Waals surface area contributed by atoms with Gasteiger partial charge >= 0.3 is 5.97 Å². The van der Waals surface area contributed by atoms with Gasteiger partial charge in [-0.15, -0.1) is 0 Å². The summed E-state index contributed by atoms with van der Waals surface area (Å²) in [5.74, 6) is -0.917. The van der Waals surface area contributed by atoms with E-state index < -0.39 is 17.5 Å². The Morgan fingerprint density at radius 3 is 2.55 bits per heavy atom. The first-order valence-electron chi connectivity index (χ1n) is 7.05. The summed E-state index contributed by atoms with van der Waals surface area (Å²) in [6, 6.07) is 13.6. The van der Waals surface area contributed by atoms with Crippen LogP contribution in [0.3, 0.4) is 0 Å². The van der Waals surface area contributed by atoms with Gasteiger partial charge in [-0.25, -0.2) is 0 Å². The Morgan fingerprint density at radius 1 is 1.10 bits per heavy atom. The second-order valence-corrected chi connectivity index (χ2v) is 5.60. The van der Waals surface area contributed by atoms with Crippen molar-refractivity contribution >= 4 is 16.7 Å². The van der Waals surface area contributed by atoms with Crippen molar-refractivity contribution in [1.82, 2.24) is 0 Å². The van der Waals surface area contributed by atoms with Crippen molar-refractivity contribution in [1.29, 1.82) is 0 Å². The smallest absolute Gasteiger partial charge is 0.316 e. The van der Waals surface area contributed by atoms with Crippen molar-refractivity contribution in [3.63, 3.8) is 0 Å². The lowest BCUT2D eigenvalue weighted by atomic mass is 9.67. The number of hydrogen-bond donors (Lipinski definition) is 2. The summed E-state index contributed by atoms with van der Waals surface area (Å²) in [7, 11) is 0. The second-order valence-electron chi connectivity index (χ2n) is 5.60. The fourth-order valence-electron chi connectivity index (χ4n) is 3.33. The molecule has 1 saturated carbocycles. The van der Waals surface area contributed by atoms with Crippen LogP contribution < -0.4 is 0 Å². The molecule has 0 radical (unpaired) electrons. The summed E-state index contributed by atoms with van der Waals surface area (Å²) in [5.41, 5.74) is -0.432. The van der Waals surface area contributed by atoms with Gasteiger partial charge in [0.15, 0.2) is 0 Å². The van der Waals surface area contributed by atoms with E-state index in [1.165, 1.54) is 0 Å². The standard InChI is InChI=1S/C17H18O3/c18-15-7-3-4-10-17(15,16(19)20)14-9-8-12-5-1-2-6-13(12)11-14/h1-2,5-6,8-9,11,15,18H,3-4,7,10H2,(H,19,20). The Hall–Kier alpha value is -1.87. The quantitative estimate of drug-likeness (QED) is 0.881. The maximum atomic E-state index is 11.9. The number of aliphatic hydroxyl groups excluding tert-OH is 1. The van der Waals surface area contributed by atoms with Crippen LogP contribution in [0.25, 0.3) is 10.8 Å². The number of benzene rings is 2. The Balaban J connectivity index is 2.16. The summed E-state index contributed by atoms with van der Waals surface area (Å²) in [5, 5.41) is 22.2. The third-order valence-electron chi connectivity index (χ3n) is 4.51. The van der Waals surface area contributed by atoms with Crippen LogP contribution in [-0.2, 0) is 10.2 Å². The Bertz CT molecular complexity index is 649. The van der Waals surface area contributed by atoms with E-state index in [0.717, 1.165) is 29.2 Å². The van der Waals surface area contributed by atoms with Gasteiger partial charge in [0.25, 0.3) is 0 Å². The molecule has 0 spiro atoms. The van der Waals surface area contributed by atoms with Crippen LogP contribution in [0.15, 0.2) is 42.5 Å². The topological polar surface area (TPSA) is 57.5 Å². The molecule has 0 saturated heterocycles. The lowest BCUT2D eigenvalue weighted by Crippen LogP contribution is -2.48. The molecule has 2 aromatic rings. The van der Waals surface area contributed by atoms with Gasteiger partial charge in [0.2, 0.25) is 0 Å². The van der Waals surface area contributed by atoms with Gasteiger partial charge in [0.05, 0.1) is 6.10 Å². The van der Waals surface area contributed by atoms with Crippen LogP contribution in [0, 0.1) is 0 Å². The van der Waals surface area contributed by atoms with E-state index in [1.54, 1.807) is 0 Å². The number of aliphatic hydroxyl groups is 1. The van der Waals surface area contributed by atoms with Crippen molar-refractivity contribution < 1.29 is 15.0 Å². The number of rotatable bonds is 2. The molecule has 3 nitrogen and oxygen atoms in total. The molecule has 2 unspecified atom stereocenters. The van der Waals surface area contributed by atoms with E-state index in [9.17, 15) is 15.0 Å². The molecule has 1 fully saturated rings. The van der Waals surface area contributed by atoms with Gasteiger partial charge in [-0.3, -0.25) is 4.79 Å². The largest absolute Gasteiger partial charge is 0.481 e. The fraction of sp³-hybridized carbons (Fsp3) is 0.353. The van der Waals surface area contributed by atoms with Crippen molar-refractivity contribution in [2.24, 2.45) is 0 Å². The molecule has 0 aromatic heterocycles. The second kappa shape index (κ2) is 4.91. The molecule has 3 heteroatoms. The minimum Gasteiger partial charge on any atom is -0.481 e. The minimum atomic E-state index is -1.15. The molecule has 2 N–H and O–H groups in total. The fourth-order valence-corrected chi connectivity index (χ4v) is 3.33. The number of fused-ring (bicyclic) bond motifs is 1. The van der Waals surface area contributed by atoms with E-state index in [1.807, 2.05) is 42.5 Å². The zero-order valence-corrected chi connectivity index (χ0v) is 11.2. The first kappa shape index (κ1) is 13.1. The molecule has 1 aliphatic carbocycles. The zero-order valence-electron chi connectivity index (χ0n) is 11.2. The molecule has 0 heterocycles. The molecule has 20 heavy (non-hydrogen) atoms. The zero-order chi connectivity index (χ0) is 14.2. The van der Waals surface area contributed by atoms with Crippen LogP contribution >= 0.6 is 0 Å². The first-order chi connectivity index (χ1) is 9.64.